The van der Waals surface area contributed by atoms with Crippen molar-refractivity contribution in [2.75, 3.05) is 0 Å². The van der Waals surface area contributed by atoms with Gasteiger partial charge in [-0.1, -0.05) is 6.08 Å². The first kappa shape index (κ1) is 16.9. The molecule has 0 heterocycles. The van der Waals surface area contributed by atoms with Gasteiger partial charge in [0.1, 0.15) is 0 Å². The molecule has 0 radical (unpaired) electrons. The minimum absolute atomic E-state index is 0.201. The van der Waals surface area contributed by atoms with Crippen LogP contribution in [0.15, 0.2) is 24.8 Å². The lowest BCUT2D eigenvalue weighted by atomic mass is 9.68. The highest BCUT2D eigenvalue weighted by atomic mass is 35.5. The molecule has 0 amide bonds. The fourth-order valence-corrected chi connectivity index (χ4v) is 4.85. The Balaban J connectivity index is 1.59. The summed E-state index contributed by atoms with van der Waals surface area (Å²) in [7, 11) is 0. The summed E-state index contributed by atoms with van der Waals surface area (Å²) in [6.45, 7) is 7.71. The molecule has 2 aliphatic rings. The smallest absolute Gasteiger partial charge is 0.0891 e. The molecule has 0 nitrogen and oxygen atoms in total. The van der Waals surface area contributed by atoms with Crippen LogP contribution in [0, 0.1) is 30.5 Å². The zero-order valence-corrected chi connectivity index (χ0v) is 14.6. The van der Waals surface area contributed by atoms with Crippen LogP contribution in [0.25, 0.3) is 0 Å². The summed E-state index contributed by atoms with van der Waals surface area (Å²) >= 11 is 6.03. The normalized spacial score (nSPS) is 31.7. The molecule has 0 bridgehead atoms. The van der Waals surface area contributed by atoms with Gasteiger partial charge in [0.2, 0.25) is 0 Å². The number of hydrogen-bond donors (Lipinski definition) is 0. The molecule has 0 atom stereocenters. The largest absolute Gasteiger partial charge is 0.220 e. The van der Waals surface area contributed by atoms with Crippen LogP contribution in [0.3, 0.4) is 0 Å². The molecule has 0 spiro atoms. The third-order valence-corrected chi connectivity index (χ3v) is 6.63. The minimum atomic E-state index is -0.242. The first-order valence-electron chi connectivity index (χ1n) is 9.02. The topological polar surface area (TPSA) is 0 Å². The molecule has 2 saturated carbocycles. The maximum absolute atomic E-state index is 14.4. The van der Waals surface area contributed by atoms with Crippen molar-refractivity contribution in [2.24, 2.45) is 17.8 Å². The summed E-state index contributed by atoms with van der Waals surface area (Å²) < 4.78 is 14.4. The van der Waals surface area contributed by atoms with Crippen LogP contribution < -0.4 is 0 Å². The van der Waals surface area contributed by atoms with Crippen molar-refractivity contribution in [1.82, 2.24) is 0 Å². The molecule has 126 valence electrons. The molecule has 1 aromatic carbocycles. The molecule has 0 saturated heterocycles. The molecule has 23 heavy (non-hydrogen) atoms. The predicted molar refractivity (Wildman–Crippen MR) is 96.2 cm³/mol. The van der Waals surface area contributed by atoms with E-state index in [2.05, 4.69) is 19.6 Å². The van der Waals surface area contributed by atoms with E-state index in [1.54, 1.807) is 0 Å². The molecule has 2 aliphatic carbocycles. The number of benzene rings is 1. The minimum Gasteiger partial charge on any atom is -0.220 e. The van der Waals surface area contributed by atoms with Crippen molar-refractivity contribution in [3.8, 4) is 0 Å². The summed E-state index contributed by atoms with van der Waals surface area (Å²) in [5.74, 6) is 2.54. The van der Waals surface area contributed by atoms with E-state index in [1.807, 2.05) is 12.1 Å². The van der Waals surface area contributed by atoms with Crippen molar-refractivity contribution in [3.05, 3.63) is 53.7 Å². The van der Waals surface area contributed by atoms with Crippen LogP contribution in [0.1, 0.15) is 68.4 Å². The highest BCUT2D eigenvalue weighted by Gasteiger charge is 2.31. The first-order chi connectivity index (χ1) is 11.1. The average Bonchev–Trinajstić information content (AvgIpc) is 2.60. The molecule has 2 fully saturated rings. The molecule has 3 rings (SSSR count). The van der Waals surface area contributed by atoms with E-state index < -0.39 is 0 Å². The van der Waals surface area contributed by atoms with Gasteiger partial charge in [-0.15, -0.1) is 12.6 Å². The maximum Gasteiger partial charge on any atom is 0.0891 e. The Morgan fingerprint density at radius 3 is 2.13 bits per heavy atom. The Labute approximate surface area is 145 Å². The van der Waals surface area contributed by atoms with Crippen molar-refractivity contribution < 1.29 is 4.39 Å². The van der Waals surface area contributed by atoms with Crippen LogP contribution in [-0.2, 0) is 0 Å². The molecular weight excluding hydrogens is 307 g/mol. The predicted octanol–water partition coefficient (Wildman–Crippen LogP) is 6.93. The number of halogens is 2. The SMILES string of the molecule is C=CC1CCC(C2CCC(c3ccc([CH2-])c(Cl)c3F)CC2)CC1. The summed E-state index contributed by atoms with van der Waals surface area (Å²) in [4.78, 5) is 0. The second-order valence-electron chi connectivity index (χ2n) is 7.46. The van der Waals surface area contributed by atoms with Gasteiger partial charge in [0, 0.05) is 0 Å². The second kappa shape index (κ2) is 7.30. The zero-order chi connectivity index (χ0) is 16.4. The fourth-order valence-electron chi connectivity index (χ4n) is 4.67. The van der Waals surface area contributed by atoms with E-state index in [0.717, 1.165) is 36.2 Å². The molecule has 0 aliphatic heterocycles. The van der Waals surface area contributed by atoms with E-state index >= 15 is 0 Å². The fraction of sp³-hybridized carbons (Fsp3) is 0.571. The van der Waals surface area contributed by atoms with E-state index in [1.165, 1.54) is 38.5 Å². The van der Waals surface area contributed by atoms with E-state index in [9.17, 15) is 4.39 Å². The van der Waals surface area contributed by atoms with Crippen LogP contribution in [0.4, 0.5) is 4.39 Å². The van der Waals surface area contributed by atoms with Gasteiger partial charge >= 0.3 is 0 Å². The Morgan fingerprint density at radius 1 is 1.00 bits per heavy atom. The average molecular weight is 334 g/mol. The quantitative estimate of drug-likeness (QED) is 0.415. The van der Waals surface area contributed by atoms with E-state index in [0.29, 0.717) is 11.5 Å². The molecular formula is C21H27ClF-. The highest BCUT2D eigenvalue weighted by Crippen LogP contribution is 2.45. The van der Waals surface area contributed by atoms with Crippen LogP contribution in [-0.4, -0.2) is 0 Å². The van der Waals surface area contributed by atoms with Gasteiger partial charge in [-0.25, -0.2) is 4.39 Å². The Morgan fingerprint density at radius 2 is 1.57 bits per heavy atom. The number of allylic oxidation sites excluding steroid dienone is 1. The van der Waals surface area contributed by atoms with Crippen molar-refractivity contribution >= 4 is 11.6 Å². The third kappa shape index (κ3) is 3.60. The van der Waals surface area contributed by atoms with Crippen molar-refractivity contribution in [3.63, 3.8) is 0 Å². The van der Waals surface area contributed by atoms with Gasteiger partial charge in [0.25, 0.3) is 0 Å². The molecule has 2 heteroatoms. The third-order valence-electron chi connectivity index (χ3n) is 6.22. The number of rotatable bonds is 3. The van der Waals surface area contributed by atoms with E-state index in [-0.39, 0.29) is 10.8 Å². The van der Waals surface area contributed by atoms with Gasteiger partial charge < -0.3 is 0 Å². The van der Waals surface area contributed by atoms with Crippen molar-refractivity contribution in [1.29, 1.82) is 0 Å². The lowest BCUT2D eigenvalue weighted by molar-refractivity contribution is 0.171. The molecule has 0 unspecified atom stereocenters. The summed E-state index contributed by atoms with van der Waals surface area (Å²) in [5.41, 5.74) is 1.39. The lowest BCUT2D eigenvalue weighted by Crippen LogP contribution is -2.25. The first-order valence-corrected chi connectivity index (χ1v) is 9.40. The van der Waals surface area contributed by atoms with Gasteiger partial charge in [0.05, 0.1) is 5.82 Å². The molecule has 1 aromatic rings. The van der Waals surface area contributed by atoms with Gasteiger partial charge in [0.15, 0.2) is 0 Å². The van der Waals surface area contributed by atoms with Crippen LogP contribution in [0.5, 0.6) is 0 Å². The Kier molecular flexibility index (Phi) is 5.36. The van der Waals surface area contributed by atoms with Gasteiger partial charge in [-0.3, -0.25) is 0 Å². The molecule has 0 N–H and O–H groups in total. The monoisotopic (exact) mass is 333 g/mol. The summed E-state index contributed by atoms with van der Waals surface area (Å²) in [5, 5.41) is 0.201. The molecule has 0 aromatic heterocycles. The van der Waals surface area contributed by atoms with Crippen LogP contribution >= 0.6 is 11.6 Å². The Bertz CT molecular complexity index is 549. The summed E-state index contributed by atoms with van der Waals surface area (Å²) in [6.07, 6.45) is 12.1. The lowest BCUT2D eigenvalue weighted by Gasteiger charge is -2.38. The van der Waals surface area contributed by atoms with Gasteiger partial charge in [-0.05, 0) is 85.6 Å². The number of hydrogen-bond acceptors (Lipinski definition) is 0. The van der Waals surface area contributed by atoms with Crippen molar-refractivity contribution in [2.45, 2.75) is 57.3 Å². The highest BCUT2D eigenvalue weighted by molar-refractivity contribution is 6.31. The van der Waals surface area contributed by atoms with Gasteiger partial charge in [-0.2, -0.15) is 30.2 Å². The standard InChI is InChI=1S/C21H27ClF/c1-3-15-5-7-16(8-6-15)17-9-11-18(12-10-17)19-13-4-14(2)20(22)21(19)23/h3-4,13,15-18H,1-2,5-12H2/q-1. The second-order valence-corrected chi connectivity index (χ2v) is 7.84. The summed E-state index contributed by atoms with van der Waals surface area (Å²) in [6, 6.07) is 3.74. The van der Waals surface area contributed by atoms with E-state index in [4.69, 9.17) is 11.6 Å². The van der Waals surface area contributed by atoms with Crippen LogP contribution in [0.2, 0.25) is 5.02 Å². The maximum atomic E-state index is 14.4. The zero-order valence-electron chi connectivity index (χ0n) is 13.9. The Hall–Kier alpha value is -0.950.